The predicted octanol–water partition coefficient (Wildman–Crippen LogP) is 4.00. The van der Waals surface area contributed by atoms with Gasteiger partial charge in [0.1, 0.15) is 11.5 Å². The first-order valence-electron chi connectivity index (χ1n) is 11.4. The summed E-state index contributed by atoms with van der Waals surface area (Å²) in [4.78, 5) is 30.9. The maximum atomic E-state index is 13.2. The maximum Gasteiger partial charge on any atom is 0.341 e. The smallest absolute Gasteiger partial charge is 0.341 e. The maximum absolute atomic E-state index is 13.2. The standard InChI is InChI=1S/C28H25N3O6/c1-5-36-26(32)22-24(27(33)37-6-2)28(16-29,17-30)23(19-9-13-21(35-4)14-10-19)25(22)31-15-18-7-11-20(34-3)12-8-18/h7-15H,5-6H2,1-4H3. The van der Waals surface area contributed by atoms with Crippen LogP contribution in [0.25, 0.3) is 5.57 Å². The van der Waals surface area contributed by atoms with E-state index >= 15 is 0 Å². The van der Waals surface area contributed by atoms with E-state index < -0.39 is 22.9 Å². The van der Waals surface area contributed by atoms with Gasteiger partial charge < -0.3 is 18.9 Å². The van der Waals surface area contributed by atoms with E-state index in [0.29, 0.717) is 22.6 Å². The lowest BCUT2D eigenvalue weighted by Gasteiger charge is -2.20. The van der Waals surface area contributed by atoms with Crippen LogP contribution in [-0.2, 0) is 19.1 Å². The summed E-state index contributed by atoms with van der Waals surface area (Å²) in [6.45, 7) is 3.15. The average Bonchev–Trinajstić information content (AvgIpc) is 3.23. The SMILES string of the molecule is CCOC(=O)C1=C(C(=O)OCC)C(C#N)(C#N)C(c2ccc(OC)cc2)=C1N=Cc1ccc(OC)cc1. The van der Waals surface area contributed by atoms with Crippen molar-refractivity contribution in [2.24, 2.45) is 10.4 Å². The molecule has 2 aromatic rings. The van der Waals surface area contributed by atoms with Crippen molar-refractivity contribution in [3.8, 4) is 23.6 Å². The van der Waals surface area contributed by atoms with Crippen molar-refractivity contribution in [2.45, 2.75) is 13.8 Å². The second kappa shape index (κ2) is 11.7. The zero-order valence-corrected chi connectivity index (χ0v) is 20.9. The number of nitriles is 2. The number of nitrogens with zero attached hydrogens (tertiary/aromatic N) is 3. The van der Waals surface area contributed by atoms with Crippen LogP contribution in [0.15, 0.2) is 70.4 Å². The van der Waals surface area contributed by atoms with Crippen molar-refractivity contribution in [2.75, 3.05) is 27.4 Å². The highest BCUT2D eigenvalue weighted by Gasteiger charge is 2.54. The fraction of sp³-hybridized carbons (Fsp3) is 0.250. The number of ether oxygens (including phenoxy) is 4. The second-order valence-electron chi connectivity index (χ2n) is 7.65. The normalized spacial score (nSPS) is 14.2. The Hall–Kier alpha value is -4.89. The van der Waals surface area contributed by atoms with Gasteiger partial charge in [-0.3, -0.25) is 4.99 Å². The van der Waals surface area contributed by atoms with Gasteiger partial charge in [-0.15, -0.1) is 0 Å². The number of aliphatic imine (C=N–C) groups is 1. The average molecular weight is 500 g/mol. The summed E-state index contributed by atoms with van der Waals surface area (Å²) in [6, 6.07) is 17.4. The van der Waals surface area contributed by atoms with E-state index in [9.17, 15) is 20.1 Å². The number of carbonyl (C=O) groups is 2. The van der Waals surface area contributed by atoms with E-state index in [1.54, 1.807) is 69.5 Å². The van der Waals surface area contributed by atoms with Gasteiger partial charge in [0, 0.05) is 11.8 Å². The highest BCUT2D eigenvalue weighted by atomic mass is 16.5. The lowest BCUT2D eigenvalue weighted by Crippen LogP contribution is -2.27. The molecule has 0 heterocycles. The third-order valence-corrected chi connectivity index (χ3v) is 5.61. The Balaban J connectivity index is 2.38. The first kappa shape index (κ1) is 26.7. The molecule has 0 bridgehead atoms. The van der Waals surface area contributed by atoms with E-state index in [1.165, 1.54) is 13.3 Å². The Labute approximate surface area is 214 Å². The van der Waals surface area contributed by atoms with Crippen molar-refractivity contribution in [3.05, 3.63) is 76.5 Å². The second-order valence-corrected chi connectivity index (χ2v) is 7.65. The summed E-state index contributed by atoms with van der Waals surface area (Å²) < 4.78 is 20.8. The van der Waals surface area contributed by atoms with Crippen molar-refractivity contribution in [3.63, 3.8) is 0 Å². The molecule has 0 saturated carbocycles. The number of carbonyl (C=O) groups excluding carboxylic acids is 2. The number of esters is 2. The largest absolute Gasteiger partial charge is 0.497 e. The van der Waals surface area contributed by atoms with Gasteiger partial charge in [-0.25, -0.2) is 9.59 Å². The lowest BCUT2D eigenvalue weighted by atomic mass is 9.76. The van der Waals surface area contributed by atoms with Crippen LogP contribution in [0.4, 0.5) is 0 Å². The monoisotopic (exact) mass is 499 g/mol. The van der Waals surface area contributed by atoms with Crippen LogP contribution in [-0.4, -0.2) is 45.6 Å². The molecule has 9 nitrogen and oxygen atoms in total. The first-order valence-corrected chi connectivity index (χ1v) is 11.4. The lowest BCUT2D eigenvalue weighted by molar-refractivity contribution is -0.141. The number of hydrogen-bond acceptors (Lipinski definition) is 9. The molecule has 0 radical (unpaired) electrons. The summed E-state index contributed by atoms with van der Waals surface area (Å²) in [7, 11) is 3.05. The van der Waals surface area contributed by atoms with Gasteiger partial charge in [0.05, 0.1) is 56.4 Å². The molecule has 0 N–H and O–H groups in total. The molecule has 0 amide bonds. The molecular weight excluding hydrogens is 474 g/mol. The molecule has 0 aliphatic heterocycles. The minimum absolute atomic E-state index is 0.00209. The highest BCUT2D eigenvalue weighted by Crippen LogP contribution is 2.52. The summed E-state index contributed by atoms with van der Waals surface area (Å²) >= 11 is 0. The van der Waals surface area contributed by atoms with Crippen LogP contribution >= 0.6 is 0 Å². The quantitative estimate of drug-likeness (QED) is 0.374. The molecule has 188 valence electrons. The fourth-order valence-corrected chi connectivity index (χ4v) is 3.91. The predicted molar refractivity (Wildman–Crippen MR) is 134 cm³/mol. The number of hydrogen-bond donors (Lipinski definition) is 0. The highest BCUT2D eigenvalue weighted by molar-refractivity contribution is 6.14. The molecule has 0 spiro atoms. The van der Waals surface area contributed by atoms with E-state index in [1.807, 2.05) is 12.1 Å². The van der Waals surface area contributed by atoms with Crippen molar-refractivity contribution < 1.29 is 28.5 Å². The minimum Gasteiger partial charge on any atom is -0.497 e. The van der Waals surface area contributed by atoms with Gasteiger partial charge in [-0.1, -0.05) is 12.1 Å². The van der Waals surface area contributed by atoms with Crippen LogP contribution in [0.5, 0.6) is 11.5 Å². The summed E-state index contributed by atoms with van der Waals surface area (Å²) in [5.74, 6) is -0.699. The first-order chi connectivity index (χ1) is 17.9. The van der Waals surface area contributed by atoms with Crippen molar-refractivity contribution in [1.82, 2.24) is 0 Å². The van der Waals surface area contributed by atoms with Gasteiger partial charge in [0.15, 0.2) is 0 Å². The zero-order chi connectivity index (χ0) is 27.0. The van der Waals surface area contributed by atoms with Gasteiger partial charge in [-0.05, 0) is 61.4 Å². The molecule has 2 aromatic carbocycles. The number of benzene rings is 2. The Morgan fingerprint density at radius 3 is 1.86 bits per heavy atom. The van der Waals surface area contributed by atoms with Crippen molar-refractivity contribution in [1.29, 1.82) is 10.5 Å². The molecule has 0 saturated heterocycles. The molecule has 37 heavy (non-hydrogen) atoms. The van der Waals surface area contributed by atoms with Crippen LogP contribution in [0, 0.1) is 28.1 Å². The van der Waals surface area contributed by atoms with E-state index in [2.05, 4.69) is 4.99 Å². The molecular formula is C28H25N3O6. The van der Waals surface area contributed by atoms with Crippen LogP contribution in [0.2, 0.25) is 0 Å². The summed E-state index contributed by atoms with van der Waals surface area (Å²) in [6.07, 6.45) is 1.46. The van der Waals surface area contributed by atoms with E-state index in [-0.39, 0.29) is 30.1 Å². The van der Waals surface area contributed by atoms with Crippen LogP contribution in [0.3, 0.4) is 0 Å². The number of allylic oxidation sites excluding steroid dienone is 1. The van der Waals surface area contributed by atoms with E-state index in [4.69, 9.17) is 18.9 Å². The molecule has 3 rings (SSSR count). The Kier molecular flexibility index (Phi) is 8.44. The molecule has 1 aliphatic rings. The molecule has 1 aliphatic carbocycles. The van der Waals surface area contributed by atoms with Gasteiger partial charge >= 0.3 is 11.9 Å². The van der Waals surface area contributed by atoms with Gasteiger partial charge in [0.2, 0.25) is 5.41 Å². The molecule has 0 fully saturated rings. The zero-order valence-electron chi connectivity index (χ0n) is 20.9. The molecule has 9 heteroatoms. The molecule has 0 unspecified atom stereocenters. The van der Waals surface area contributed by atoms with Crippen molar-refractivity contribution >= 4 is 23.7 Å². The minimum atomic E-state index is -2.19. The Morgan fingerprint density at radius 1 is 0.865 bits per heavy atom. The molecule has 0 atom stereocenters. The van der Waals surface area contributed by atoms with Gasteiger partial charge in [-0.2, -0.15) is 10.5 Å². The van der Waals surface area contributed by atoms with Gasteiger partial charge in [0.25, 0.3) is 0 Å². The third-order valence-electron chi connectivity index (χ3n) is 5.61. The van der Waals surface area contributed by atoms with Crippen LogP contribution < -0.4 is 9.47 Å². The van der Waals surface area contributed by atoms with E-state index in [0.717, 1.165) is 0 Å². The number of methoxy groups -OCH3 is 2. The van der Waals surface area contributed by atoms with Crippen LogP contribution in [0.1, 0.15) is 25.0 Å². The third kappa shape index (κ3) is 5.07. The summed E-state index contributed by atoms with van der Waals surface area (Å²) in [5, 5.41) is 20.7. The molecule has 0 aromatic heterocycles. The fourth-order valence-electron chi connectivity index (χ4n) is 3.91. The summed E-state index contributed by atoms with van der Waals surface area (Å²) in [5.41, 5.74) is -1.83. The topological polar surface area (TPSA) is 131 Å². The Morgan fingerprint density at radius 2 is 1.38 bits per heavy atom. The Bertz CT molecular complexity index is 1340. The number of rotatable bonds is 9.